The van der Waals surface area contributed by atoms with Crippen LogP contribution in [0.1, 0.15) is 23.5 Å². The predicted molar refractivity (Wildman–Crippen MR) is 111 cm³/mol. The average Bonchev–Trinajstić information content (AvgIpc) is 3.32. The Labute approximate surface area is 169 Å². The van der Waals surface area contributed by atoms with E-state index >= 15 is 0 Å². The van der Waals surface area contributed by atoms with Crippen LogP contribution >= 0.6 is 12.2 Å². The predicted octanol–water partition coefficient (Wildman–Crippen LogP) is 3.20. The molecule has 2 N–H and O–H groups in total. The summed E-state index contributed by atoms with van der Waals surface area (Å²) in [4.78, 5) is 6.72. The maximum atomic E-state index is 9.63. The Balaban J connectivity index is 1.78. The van der Waals surface area contributed by atoms with Crippen LogP contribution in [-0.4, -0.2) is 44.9 Å². The van der Waals surface area contributed by atoms with E-state index in [0.717, 1.165) is 17.1 Å². The van der Waals surface area contributed by atoms with Crippen molar-refractivity contribution in [3.8, 4) is 11.4 Å². The molecule has 0 radical (unpaired) electrons. The van der Waals surface area contributed by atoms with Crippen LogP contribution in [0.15, 0.2) is 67.0 Å². The first-order valence-corrected chi connectivity index (χ1v) is 9.53. The Morgan fingerprint density at radius 1 is 1.14 bits per heavy atom. The molecular formula is C21H22N4O2S. The summed E-state index contributed by atoms with van der Waals surface area (Å²) in [5.41, 5.74) is 3.00. The summed E-state index contributed by atoms with van der Waals surface area (Å²) in [7, 11) is 1.69. The van der Waals surface area contributed by atoms with E-state index in [0.29, 0.717) is 18.3 Å². The third-order valence-electron chi connectivity index (χ3n) is 4.95. The Kier molecular flexibility index (Phi) is 5.27. The number of nitrogens with one attached hydrogen (secondary N) is 1. The van der Waals surface area contributed by atoms with E-state index in [1.54, 1.807) is 25.4 Å². The number of pyridine rings is 1. The van der Waals surface area contributed by atoms with Gasteiger partial charge in [-0.15, -0.1) is 0 Å². The van der Waals surface area contributed by atoms with Gasteiger partial charge in [0.25, 0.3) is 0 Å². The van der Waals surface area contributed by atoms with Crippen LogP contribution in [0.4, 0.5) is 0 Å². The second-order valence-corrected chi connectivity index (χ2v) is 7.02. The largest absolute Gasteiger partial charge is 0.508 e. The van der Waals surface area contributed by atoms with Crippen LogP contribution in [0.5, 0.6) is 5.75 Å². The molecular weight excluding hydrogens is 372 g/mol. The molecule has 0 unspecified atom stereocenters. The molecule has 28 heavy (non-hydrogen) atoms. The highest BCUT2D eigenvalue weighted by Gasteiger charge is 2.40. The lowest BCUT2D eigenvalue weighted by atomic mass is 10.0. The highest BCUT2D eigenvalue weighted by Crippen LogP contribution is 2.39. The first-order chi connectivity index (χ1) is 13.7. The maximum Gasteiger partial charge on any atom is 0.170 e. The number of hydrogen-bond acceptors (Lipinski definition) is 4. The summed E-state index contributed by atoms with van der Waals surface area (Å²) in [6, 6.07) is 17.1. The van der Waals surface area contributed by atoms with Crippen molar-refractivity contribution in [3.63, 3.8) is 0 Å². The van der Waals surface area contributed by atoms with Crippen molar-refractivity contribution in [2.75, 3.05) is 20.3 Å². The van der Waals surface area contributed by atoms with E-state index in [1.807, 2.05) is 42.6 Å². The monoisotopic (exact) mass is 394 g/mol. The Bertz CT molecular complexity index is 943. The molecule has 1 aliphatic heterocycles. The van der Waals surface area contributed by atoms with E-state index in [2.05, 4.69) is 25.8 Å². The Morgan fingerprint density at radius 3 is 2.68 bits per heavy atom. The number of phenols is 1. The van der Waals surface area contributed by atoms with Crippen LogP contribution in [0.2, 0.25) is 0 Å². The van der Waals surface area contributed by atoms with Gasteiger partial charge in [0.1, 0.15) is 5.75 Å². The molecule has 1 fully saturated rings. The van der Waals surface area contributed by atoms with Gasteiger partial charge in [0.2, 0.25) is 0 Å². The van der Waals surface area contributed by atoms with Crippen LogP contribution < -0.4 is 5.32 Å². The molecule has 144 valence electrons. The lowest BCUT2D eigenvalue weighted by Gasteiger charge is -2.28. The van der Waals surface area contributed by atoms with Gasteiger partial charge in [-0.1, -0.05) is 6.07 Å². The molecule has 7 heteroatoms. The third kappa shape index (κ3) is 3.46. The van der Waals surface area contributed by atoms with Crippen molar-refractivity contribution in [2.24, 2.45) is 0 Å². The quantitative estimate of drug-likeness (QED) is 0.626. The highest BCUT2D eigenvalue weighted by molar-refractivity contribution is 7.80. The summed E-state index contributed by atoms with van der Waals surface area (Å²) in [5.74, 6) is 0.245. The maximum absolute atomic E-state index is 9.63. The molecule has 0 amide bonds. The first kappa shape index (κ1) is 18.5. The van der Waals surface area contributed by atoms with Crippen molar-refractivity contribution >= 4 is 17.3 Å². The van der Waals surface area contributed by atoms with Crippen molar-refractivity contribution in [3.05, 3.63) is 78.4 Å². The summed E-state index contributed by atoms with van der Waals surface area (Å²) in [5, 5.41) is 13.8. The van der Waals surface area contributed by atoms with E-state index in [1.165, 1.54) is 0 Å². The summed E-state index contributed by atoms with van der Waals surface area (Å²) >= 11 is 5.65. The van der Waals surface area contributed by atoms with E-state index in [4.69, 9.17) is 17.0 Å². The lowest BCUT2D eigenvalue weighted by Crippen LogP contribution is -2.33. The van der Waals surface area contributed by atoms with Crippen molar-refractivity contribution < 1.29 is 9.84 Å². The molecule has 1 saturated heterocycles. The molecule has 0 spiro atoms. The SMILES string of the molecule is COCCN1C(=S)N[C@@H](c2ccccn2)[C@@H]1c1cccn1-c1ccc(O)cc1. The number of aromatic nitrogens is 2. The summed E-state index contributed by atoms with van der Waals surface area (Å²) < 4.78 is 7.43. The smallest absolute Gasteiger partial charge is 0.170 e. The minimum absolute atomic E-state index is 0.0404. The van der Waals surface area contributed by atoms with Gasteiger partial charge < -0.3 is 24.6 Å². The van der Waals surface area contributed by atoms with E-state index < -0.39 is 0 Å². The van der Waals surface area contributed by atoms with Gasteiger partial charge in [-0.05, 0) is 60.7 Å². The van der Waals surface area contributed by atoms with Gasteiger partial charge in [-0.2, -0.15) is 0 Å². The zero-order valence-electron chi connectivity index (χ0n) is 15.5. The molecule has 2 atom stereocenters. The number of methoxy groups -OCH3 is 1. The lowest BCUT2D eigenvalue weighted by molar-refractivity contribution is 0.163. The van der Waals surface area contributed by atoms with Gasteiger partial charge in [0.15, 0.2) is 5.11 Å². The number of nitrogens with zero attached hydrogens (tertiary/aromatic N) is 3. The standard InChI is InChI=1S/C21H22N4O2S/c1-27-14-13-25-20(19(23-21(25)28)17-5-2-3-11-22-17)18-6-4-12-24(18)15-7-9-16(26)10-8-15/h2-12,19-20,26H,13-14H2,1H3,(H,23,28)/t19-,20-/m0/s1. The van der Waals surface area contributed by atoms with E-state index in [9.17, 15) is 5.11 Å². The molecule has 0 bridgehead atoms. The van der Waals surface area contributed by atoms with Gasteiger partial charge in [-0.25, -0.2) is 0 Å². The minimum Gasteiger partial charge on any atom is -0.508 e. The van der Waals surface area contributed by atoms with Crippen molar-refractivity contribution in [2.45, 2.75) is 12.1 Å². The number of aromatic hydroxyl groups is 1. The Morgan fingerprint density at radius 2 is 1.96 bits per heavy atom. The molecule has 1 aliphatic rings. The van der Waals surface area contributed by atoms with Crippen LogP contribution in [0, 0.1) is 0 Å². The number of benzene rings is 1. The second kappa shape index (κ2) is 8.00. The molecule has 1 aromatic carbocycles. The fraction of sp³-hybridized carbons (Fsp3) is 0.238. The topological polar surface area (TPSA) is 62.5 Å². The fourth-order valence-electron chi connectivity index (χ4n) is 3.64. The highest BCUT2D eigenvalue weighted by atomic mass is 32.1. The molecule has 0 saturated carbocycles. The van der Waals surface area contributed by atoms with Gasteiger partial charge in [0, 0.05) is 37.4 Å². The van der Waals surface area contributed by atoms with E-state index in [-0.39, 0.29) is 17.8 Å². The molecule has 0 aliphatic carbocycles. The zero-order valence-corrected chi connectivity index (χ0v) is 16.3. The molecule has 4 rings (SSSR count). The molecule has 3 aromatic rings. The normalized spacial score (nSPS) is 19.0. The summed E-state index contributed by atoms with van der Waals surface area (Å²) in [6.45, 7) is 1.25. The minimum atomic E-state index is -0.0729. The first-order valence-electron chi connectivity index (χ1n) is 9.12. The number of phenolic OH excluding ortho intramolecular Hbond substituents is 1. The summed E-state index contributed by atoms with van der Waals surface area (Å²) in [6.07, 6.45) is 3.82. The molecule has 6 nitrogen and oxygen atoms in total. The number of thiocarbonyl (C=S) groups is 1. The van der Waals surface area contributed by atoms with Crippen LogP contribution in [-0.2, 0) is 4.74 Å². The van der Waals surface area contributed by atoms with Crippen LogP contribution in [0.3, 0.4) is 0 Å². The van der Waals surface area contributed by atoms with Crippen molar-refractivity contribution in [1.29, 1.82) is 0 Å². The average molecular weight is 395 g/mol. The third-order valence-corrected chi connectivity index (χ3v) is 5.30. The Hall–Kier alpha value is -2.90. The van der Waals surface area contributed by atoms with Gasteiger partial charge in [-0.3, -0.25) is 4.98 Å². The zero-order chi connectivity index (χ0) is 19.5. The number of hydrogen-bond donors (Lipinski definition) is 2. The molecule has 3 heterocycles. The number of rotatable bonds is 6. The number of ether oxygens (including phenoxy) is 1. The van der Waals surface area contributed by atoms with Crippen LogP contribution in [0.25, 0.3) is 5.69 Å². The second-order valence-electron chi connectivity index (χ2n) is 6.63. The van der Waals surface area contributed by atoms with Gasteiger partial charge in [0.05, 0.1) is 24.4 Å². The van der Waals surface area contributed by atoms with Crippen molar-refractivity contribution in [1.82, 2.24) is 19.8 Å². The fourth-order valence-corrected chi connectivity index (χ4v) is 3.97. The van der Waals surface area contributed by atoms with Gasteiger partial charge >= 0.3 is 0 Å². The molecule has 2 aromatic heterocycles.